The molecular formula is C65H62Cl2F14N4O19S4. The number of sulfonamides is 4. The Morgan fingerprint density at radius 2 is 0.787 bits per heavy atom. The van der Waals surface area contributed by atoms with Crippen LogP contribution >= 0.6 is 23.2 Å². The summed E-state index contributed by atoms with van der Waals surface area (Å²) >= 11 is 9.53. The number of hydrogen-bond donors (Lipinski definition) is 2. The van der Waals surface area contributed by atoms with E-state index in [4.69, 9.17) is 46.6 Å². The highest BCUT2D eigenvalue weighted by Gasteiger charge is 2.48. The second-order valence-electron chi connectivity index (χ2n) is 21.0. The minimum absolute atomic E-state index is 0.0473. The van der Waals surface area contributed by atoms with Crippen LogP contribution in [0.15, 0.2) is 154 Å². The van der Waals surface area contributed by atoms with Gasteiger partial charge in [-0.3, -0.25) is 0 Å². The van der Waals surface area contributed by atoms with Crippen molar-refractivity contribution in [3.63, 3.8) is 0 Å². The molecule has 0 atom stereocenters. The van der Waals surface area contributed by atoms with Crippen molar-refractivity contribution in [1.29, 1.82) is 0 Å². The summed E-state index contributed by atoms with van der Waals surface area (Å²) < 4.78 is 278. The number of carbonyl (C=O) groups is 4. The van der Waals surface area contributed by atoms with Crippen LogP contribution in [0.5, 0.6) is 0 Å². The van der Waals surface area contributed by atoms with E-state index >= 15 is 0 Å². The Labute approximate surface area is 616 Å². The molecular weight excluding hydrogens is 1610 g/mol. The van der Waals surface area contributed by atoms with Gasteiger partial charge >= 0.3 is 45.9 Å². The third-order valence-electron chi connectivity index (χ3n) is 13.6. The molecule has 2 aliphatic heterocycles. The molecule has 0 unspecified atom stereocenters. The van der Waals surface area contributed by atoms with Gasteiger partial charge in [-0.2, -0.15) is 52.7 Å². The van der Waals surface area contributed by atoms with Crippen LogP contribution in [0.4, 0.5) is 61.5 Å². The predicted molar refractivity (Wildman–Crippen MR) is 368 cm³/mol. The number of fused-ring (bicyclic) bond motifs is 4. The fourth-order valence-corrected chi connectivity index (χ4v) is 12.2. The van der Waals surface area contributed by atoms with E-state index in [1.54, 1.807) is 68.4 Å². The van der Waals surface area contributed by atoms with Crippen molar-refractivity contribution in [2.45, 2.75) is 63.6 Å². The fraction of sp³-hybridized carbons (Fsp3) is 0.292. The van der Waals surface area contributed by atoms with Gasteiger partial charge in [0, 0.05) is 56.3 Å². The van der Waals surface area contributed by atoms with Gasteiger partial charge in [0.25, 0.3) is 0 Å². The van der Waals surface area contributed by atoms with Gasteiger partial charge in [0.15, 0.2) is 40.1 Å². The minimum atomic E-state index is -6.72. The Bertz CT molecular complexity index is 4970. The molecule has 0 spiro atoms. The van der Waals surface area contributed by atoms with Crippen LogP contribution in [0, 0.1) is 11.6 Å². The molecule has 108 heavy (non-hydrogen) atoms. The molecule has 8 rings (SSSR count). The van der Waals surface area contributed by atoms with Crippen molar-refractivity contribution in [3.8, 4) is 44.9 Å². The summed E-state index contributed by atoms with van der Waals surface area (Å²) in [5, 5.41) is 21.2. The van der Waals surface area contributed by atoms with E-state index in [-0.39, 0.29) is 42.9 Å². The first kappa shape index (κ1) is 93.1. The van der Waals surface area contributed by atoms with Gasteiger partial charge in [0.1, 0.15) is 80.3 Å². The lowest BCUT2D eigenvalue weighted by Gasteiger charge is -2.22. The van der Waals surface area contributed by atoms with Crippen LogP contribution < -0.4 is 19.9 Å². The molecule has 2 N–H and O–H groups in total. The molecule has 0 saturated carbocycles. The Hall–Kier alpha value is -9.10. The average molecular weight is 1670 g/mol. The zero-order valence-electron chi connectivity index (χ0n) is 56.6. The third kappa shape index (κ3) is 25.2. The van der Waals surface area contributed by atoms with Crippen LogP contribution in [0.2, 0.25) is 0 Å². The normalized spacial score (nSPS) is 11.9. The average Bonchev–Trinajstić information content (AvgIpc) is 0.750. The Kier molecular flexibility index (Phi) is 33.9. The van der Waals surface area contributed by atoms with Crippen molar-refractivity contribution in [1.82, 2.24) is 9.15 Å². The van der Waals surface area contributed by atoms with E-state index in [0.29, 0.717) is 66.8 Å². The van der Waals surface area contributed by atoms with Crippen LogP contribution in [0.25, 0.3) is 75.1 Å². The molecule has 4 aliphatic rings. The maximum Gasteiger partial charge on any atom is 0.480 e. The number of esters is 3. The Balaban J connectivity index is 0.000000377. The molecule has 0 aromatic heterocycles. The number of aliphatic hydroxyl groups excluding tert-OH is 1. The van der Waals surface area contributed by atoms with E-state index in [9.17, 15) is 119 Å². The number of alkyl halides is 14. The molecule has 0 amide bonds. The number of ether oxygens (including phenoxy) is 3. The lowest BCUT2D eigenvalue weighted by molar-refractivity contribution is -0.140. The number of halogens is 16. The molecule has 2 aliphatic carbocycles. The molecule has 23 nitrogen and oxygen atoms in total. The van der Waals surface area contributed by atoms with Crippen LogP contribution in [0.3, 0.4) is 0 Å². The summed E-state index contributed by atoms with van der Waals surface area (Å²) in [6.07, 6.45) is 0. The third-order valence-corrected chi connectivity index (χ3v) is 19.0. The number of carboxylic acid groups (broad SMARTS) is 1. The highest BCUT2D eigenvalue weighted by Crippen LogP contribution is 2.44. The number of nitrogens with zero attached hydrogens (tertiary/aromatic N) is 4. The van der Waals surface area contributed by atoms with Crippen molar-refractivity contribution in [3.05, 3.63) is 187 Å². The van der Waals surface area contributed by atoms with Crippen molar-refractivity contribution in [2.75, 3.05) is 57.9 Å². The SMILES string of the molecule is C=C(C)C(=O)OCCO.C=C(C)C(=O)OCCOC(=O)c1ccccc1-c1c2ccc(=[N+](CC)CC)cc-2oc2ccc(F)cc12.CC[N+](CC)=c1ccc2c(-c3ccccc3C(=O)O)c3cc(F)ccc3oc-2c1.ClCCl.O=S(=O)([N-]S(=O)(=O)C(F)(F)F)C(F)(F)F.O=S(=O)([N-]S(=O)(=O)C(F)(F)F)C(F)(F)F. The first-order valence-electron chi connectivity index (χ1n) is 30.1. The van der Waals surface area contributed by atoms with Gasteiger partial charge in [0.05, 0.1) is 35.2 Å². The van der Waals surface area contributed by atoms with Gasteiger partial charge in [-0.1, -0.05) is 49.6 Å². The second kappa shape index (κ2) is 39.3. The molecule has 43 heteroatoms. The number of benzene rings is 6. The number of aromatic carboxylic acids is 1. The molecule has 2 heterocycles. The maximum atomic E-state index is 14.4. The van der Waals surface area contributed by atoms with Gasteiger partial charge in [-0.15, -0.1) is 23.2 Å². The van der Waals surface area contributed by atoms with Gasteiger partial charge in [-0.25, -0.2) is 70.8 Å². The van der Waals surface area contributed by atoms with Gasteiger partial charge < -0.3 is 41.5 Å². The zero-order valence-corrected chi connectivity index (χ0v) is 61.4. The molecule has 4 aromatic carbocycles. The molecule has 592 valence electrons. The fourth-order valence-electron chi connectivity index (χ4n) is 8.78. The van der Waals surface area contributed by atoms with E-state index in [1.807, 2.05) is 42.5 Å². The van der Waals surface area contributed by atoms with Crippen molar-refractivity contribution >= 4 is 109 Å². The number of carboxylic acids is 1. The Morgan fingerprint density at radius 1 is 0.472 bits per heavy atom. The summed E-state index contributed by atoms with van der Waals surface area (Å²) in [5.74, 6) is -2.18. The number of rotatable bonds is 19. The van der Waals surface area contributed by atoms with Gasteiger partial charge in [-0.05, 0) is 113 Å². The first-order chi connectivity index (χ1) is 49.9. The highest BCUT2D eigenvalue weighted by molar-refractivity contribution is 8.13. The summed E-state index contributed by atoms with van der Waals surface area (Å²) in [6.45, 7) is 21.4. The van der Waals surface area contributed by atoms with Crippen LogP contribution in [0.1, 0.15) is 62.3 Å². The molecule has 0 radical (unpaired) electrons. The Morgan fingerprint density at radius 3 is 1.10 bits per heavy atom. The summed E-state index contributed by atoms with van der Waals surface area (Å²) in [4.78, 5) is 47.0. The predicted octanol–water partition coefficient (Wildman–Crippen LogP) is 13.9. The number of hydrogen-bond acceptors (Lipinski definition) is 18. The second-order valence-corrected chi connectivity index (χ2v) is 28.6. The topological polar surface area (TPSA) is 333 Å². The standard InChI is InChI=1S/C30H29FNO5.C24H20FNO3.C6H10O3.2C2F6NO4S2.CH2Cl2/c1-5-32(6-2)21-12-13-24-27(18-21)37-26-14-11-20(31)17-25(26)28(24)22-9-7-8-10-23(22)30(34)36-16-15-35-29(33)19(3)4;1-3-26(4-2)16-10-11-19-22(14-16)29-21-12-9-15(25)13-20(21)23(19)17-7-5-6-8-18(17)24(27)28;1-5(2)6(8)9-4-3-7;2*3-1(4,5)14(10,11)9-15(12,13)2(6,7)8;2-1-3/h7-14,17-18H,3,5-6,15-16H2,1-2,4H3;5-14H,3-4H2,1-2H3;7H,1,3-4H2,2H3;;;1H2/q+1;;;2*-1;/p+1. The van der Waals surface area contributed by atoms with E-state index in [0.717, 1.165) is 56.3 Å². The quantitative estimate of drug-likeness (QED) is 0.0111. The van der Waals surface area contributed by atoms with Gasteiger partial charge in [0.2, 0.25) is 10.7 Å². The first-order valence-corrected chi connectivity index (χ1v) is 36.9. The summed E-state index contributed by atoms with van der Waals surface area (Å²) in [6, 6.07) is 34.2. The minimum Gasteiger partial charge on any atom is -0.478 e. The van der Waals surface area contributed by atoms with Crippen molar-refractivity contribution in [2.24, 2.45) is 0 Å². The van der Waals surface area contributed by atoms with E-state index in [2.05, 4.69) is 54.7 Å². The molecule has 4 aromatic rings. The van der Waals surface area contributed by atoms with Crippen LogP contribution in [-0.4, -0.2) is 148 Å². The molecule has 0 fully saturated rings. The molecule has 0 saturated heterocycles. The van der Waals surface area contributed by atoms with Crippen LogP contribution in [-0.2, 0) is 63.9 Å². The van der Waals surface area contributed by atoms with Crippen molar-refractivity contribution < 1.29 is 148 Å². The maximum absolute atomic E-state index is 14.4. The van der Waals surface area contributed by atoms with E-state index in [1.165, 1.54) is 24.3 Å². The summed E-state index contributed by atoms with van der Waals surface area (Å²) in [5.41, 5.74) is -18.8. The number of aliphatic hydroxyl groups is 1. The largest absolute Gasteiger partial charge is 0.480 e. The molecule has 0 bridgehead atoms. The summed E-state index contributed by atoms with van der Waals surface area (Å²) in [7, 11) is -26.9. The highest BCUT2D eigenvalue weighted by atomic mass is 35.5. The smallest absolute Gasteiger partial charge is 0.478 e. The number of carbonyl (C=O) groups excluding carboxylic acids is 3. The lowest BCUT2D eigenvalue weighted by atomic mass is 9.91. The monoisotopic (exact) mass is 1670 g/mol. The lowest BCUT2D eigenvalue weighted by Crippen LogP contribution is -2.30. The van der Waals surface area contributed by atoms with E-state index < -0.39 is 97.6 Å². The zero-order chi connectivity index (χ0) is 82.5.